The molecule has 0 aliphatic carbocycles. The molecule has 4 nitrogen and oxygen atoms in total. The minimum absolute atomic E-state index is 0.272. The van der Waals surface area contributed by atoms with E-state index in [1.54, 1.807) is 6.20 Å². The van der Waals surface area contributed by atoms with E-state index in [0.29, 0.717) is 17.5 Å². The Hall–Kier alpha value is -1.36. The van der Waals surface area contributed by atoms with Gasteiger partial charge in [0.05, 0.1) is 12.7 Å². The number of halogens is 1. The summed E-state index contributed by atoms with van der Waals surface area (Å²) >= 11 is 5.88. The lowest BCUT2D eigenvalue weighted by Gasteiger charge is -2.13. The summed E-state index contributed by atoms with van der Waals surface area (Å²) in [7, 11) is 2.05. The van der Waals surface area contributed by atoms with Crippen molar-refractivity contribution in [1.29, 1.82) is 0 Å². The van der Waals surface area contributed by atoms with Crippen molar-refractivity contribution in [2.24, 2.45) is 0 Å². The van der Waals surface area contributed by atoms with Gasteiger partial charge in [-0.2, -0.15) is 0 Å². The maximum atomic E-state index is 8.75. The van der Waals surface area contributed by atoms with Gasteiger partial charge in [-0.15, -0.1) is 0 Å². The lowest BCUT2D eigenvalue weighted by Crippen LogP contribution is -2.19. The summed E-state index contributed by atoms with van der Waals surface area (Å²) in [5, 5.41) is 9.46. The summed E-state index contributed by atoms with van der Waals surface area (Å²) in [4.78, 5) is 6.49. The van der Waals surface area contributed by atoms with Crippen molar-refractivity contribution in [2.45, 2.75) is 25.8 Å². The van der Waals surface area contributed by atoms with Gasteiger partial charge < -0.3 is 9.52 Å². The fourth-order valence-corrected chi connectivity index (χ4v) is 2.24. The number of benzene rings is 1. The standard InChI is InChI=1S/C16H21ClN2O2/c1-19(9-3-2-4-10-20)12-16-18-11-15(21-16)13-5-7-14(17)8-6-13/h5-8,11,20H,2-4,9-10,12H2,1H3. The number of nitrogens with zero attached hydrogens (tertiary/aromatic N) is 2. The summed E-state index contributed by atoms with van der Waals surface area (Å²) in [5.41, 5.74) is 0.976. The second-order valence-corrected chi connectivity index (χ2v) is 5.58. The van der Waals surface area contributed by atoms with Gasteiger partial charge in [-0.3, -0.25) is 4.90 Å². The highest BCUT2D eigenvalue weighted by Gasteiger charge is 2.08. The topological polar surface area (TPSA) is 49.5 Å². The first kappa shape index (κ1) is 16.0. The van der Waals surface area contributed by atoms with Gasteiger partial charge in [0, 0.05) is 17.2 Å². The van der Waals surface area contributed by atoms with Crippen LogP contribution in [-0.4, -0.2) is 35.2 Å². The number of aliphatic hydroxyl groups excluding tert-OH is 1. The third-order valence-electron chi connectivity index (χ3n) is 3.29. The lowest BCUT2D eigenvalue weighted by atomic mass is 10.2. The van der Waals surface area contributed by atoms with Gasteiger partial charge in [-0.25, -0.2) is 4.98 Å². The van der Waals surface area contributed by atoms with Crippen molar-refractivity contribution in [2.75, 3.05) is 20.2 Å². The minimum Gasteiger partial charge on any atom is -0.439 e. The number of unbranched alkanes of at least 4 members (excludes halogenated alkanes) is 2. The Kier molecular flexibility index (Phi) is 6.23. The maximum absolute atomic E-state index is 8.75. The van der Waals surface area contributed by atoms with Gasteiger partial charge in [0.15, 0.2) is 5.76 Å². The van der Waals surface area contributed by atoms with Crippen LogP contribution in [0.5, 0.6) is 0 Å². The van der Waals surface area contributed by atoms with Crippen molar-refractivity contribution >= 4 is 11.6 Å². The van der Waals surface area contributed by atoms with Gasteiger partial charge >= 0.3 is 0 Å². The highest BCUT2D eigenvalue weighted by Crippen LogP contribution is 2.22. The average Bonchev–Trinajstić information content (AvgIpc) is 2.93. The predicted molar refractivity (Wildman–Crippen MR) is 84.2 cm³/mol. The van der Waals surface area contributed by atoms with Crippen LogP contribution in [0.15, 0.2) is 34.9 Å². The average molecular weight is 309 g/mol. The summed E-state index contributed by atoms with van der Waals surface area (Å²) in [5.74, 6) is 1.47. The molecule has 1 aromatic carbocycles. The molecule has 0 atom stereocenters. The number of hydrogen-bond donors (Lipinski definition) is 1. The Morgan fingerprint density at radius 1 is 1.19 bits per heavy atom. The molecule has 0 aliphatic heterocycles. The van der Waals surface area contributed by atoms with Gasteiger partial charge in [0.1, 0.15) is 0 Å². The molecule has 0 aliphatic rings. The number of hydrogen-bond acceptors (Lipinski definition) is 4. The molecule has 0 saturated heterocycles. The van der Waals surface area contributed by atoms with E-state index >= 15 is 0 Å². The Labute approximate surface area is 130 Å². The fourth-order valence-electron chi connectivity index (χ4n) is 2.11. The van der Waals surface area contributed by atoms with Crippen molar-refractivity contribution in [3.63, 3.8) is 0 Å². The highest BCUT2D eigenvalue weighted by atomic mass is 35.5. The molecule has 1 N–H and O–H groups in total. The minimum atomic E-state index is 0.272. The third-order valence-corrected chi connectivity index (χ3v) is 3.54. The van der Waals surface area contributed by atoms with Gasteiger partial charge in [0.25, 0.3) is 0 Å². The molecule has 2 aromatic rings. The molecule has 0 radical (unpaired) electrons. The maximum Gasteiger partial charge on any atom is 0.209 e. The van der Waals surface area contributed by atoms with Crippen LogP contribution in [0.2, 0.25) is 5.02 Å². The normalized spacial score (nSPS) is 11.2. The number of aromatic nitrogens is 1. The van der Waals surface area contributed by atoms with Crippen LogP contribution in [-0.2, 0) is 6.54 Å². The summed E-state index contributed by atoms with van der Waals surface area (Å²) in [6.45, 7) is 1.93. The van der Waals surface area contributed by atoms with E-state index in [1.165, 1.54) is 0 Å². The molecule has 114 valence electrons. The molecule has 0 fully saturated rings. The zero-order valence-electron chi connectivity index (χ0n) is 12.3. The molecular weight excluding hydrogens is 288 g/mol. The quantitative estimate of drug-likeness (QED) is 0.757. The molecule has 0 bridgehead atoms. The molecule has 0 amide bonds. The van der Waals surface area contributed by atoms with E-state index in [-0.39, 0.29) is 6.61 Å². The first-order valence-corrected chi connectivity index (χ1v) is 7.57. The Balaban J connectivity index is 1.86. The van der Waals surface area contributed by atoms with Crippen molar-refractivity contribution in [3.05, 3.63) is 41.4 Å². The monoisotopic (exact) mass is 308 g/mol. The van der Waals surface area contributed by atoms with Crippen molar-refractivity contribution in [3.8, 4) is 11.3 Å². The molecule has 21 heavy (non-hydrogen) atoms. The highest BCUT2D eigenvalue weighted by molar-refractivity contribution is 6.30. The SMILES string of the molecule is CN(CCCCCO)Cc1ncc(-c2ccc(Cl)cc2)o1. The van der Waals surface area contributed by atoms with Crippen LogP contribution in [0.3, 0.4) is 0 Å². The Bertz CT molecular complexity index is 539. The van der Waals surface area contributed by atoms with Crippen LogP contribution < -0.4 is 0 Å². The van der Waals surface area contributed by atoms with Gasteiger partial charge in [0.2, 0.25) is 5.89 Å². The van der Waals surface area contributed by atoms with Gasteiger partial charge in [-0.05, 0) is 57.1 Å². The summed E-state index contributed by atoms with van der Waals surface area (Å²) in [6, 6.07) is 7.52. The number of aliphatic hydroxyl groups is 1. The molecule has 2 rings (SSSR count). The molecule has 1 heterocycles. The van der Waals surface area contributed by atoms with Crippen LogP contribution in [0.25, 0.3) is 11.3 Å². The van der Waals surface area contributed by atoms with Crippen LogP contribution in [0.4, 0.5) is 0 Å². The van der Waals surface area contributed by atoms with E-state index in [1.807, 2.05) is 31.3 Å². The molecule has 0 unspecified atom stereocenters. The predicted octanol–water partition coefficient (Wildman–Crippen LogP) is 3.59. The zero-order valence-corrected chi connectivity index (χ0v) is 13.0. The molecule has 1 aromatic heterocycles. The van der Waals surface area contributed by atoms with Crippen LogP contribution >= 0.6 is 11.6 Å². The smallest absolute Gasteiger partial charge is 0.209 e. The van der Waals surface area contributed by atoms with Gasteiger partial charge in [-0.1, -0.05) is 11.6 Å². The van der Waals surface area contributed by atoms with E-state index in [9.17, 15) is 0 Å². The molecule has 0 spiro atoms. The Morgan fingerprint density at radius 2 is 1.95 bits per heavy atom. The molecular formula is C16H21ClN2O2. The largest absolute Gasteiger partial charge is 0.439 e. The first-order chi connectivity index (χ1) is 10.2. The van der Waals surface area contributed by atoms with E-state index in [4.69, 9.17) is 21.1 Å². The summed E-state index contributed by atoms with van der Waals surface area (Å²) < 4.78 is 5.77. The second kappa shape index (κ2) is 8.17. The van der Waals surface area contributed by atoms with Crippen molar-refractivity contribution in [1.82, 2.24) is 9.88 Å². The van der Waals surface area contributed by atoms with E-state index < -0.39 is 0 Å². The Morgan fingerprint density at radius 3 is 2.67 bits per heavy atom. The zero-order chi connectivity index (χ0) is 15.1. The van der Waals surface area contributed by atoms with Crippen LogP contribution in [0, 0.1) is 0 Å². The lowest BCUT2D eigenvalue weighted by molar-refractivity contribution is 0.262. The van der Waals surface area contributed by atoms with Crippen molar-refractivity contribution < 1.29 is 9.52 Å². The van der Waals surface area contributed by atoms with Crippen LogP contribution in [0.1, 0.15) is 25.2 Å². The second-order valence-electron chi connectivity index (χ2n) is 5.15. The third kappa shape index (κ3) is 5.16. The number of oxazole rings is 1. The molecule has 0 saturated carbocycles. The van der Waals surface area contributed by atoms with E-state index in [2.05, 4.69) is 9.88 Å². The first-order valence-electron chi connectivity index (χ1n) is 7.19. The summed E-state index contributed by atoms with van der Waals surface area (Å²) in [6.07, 6.45) is 4.73. The molecule has 5 heteroatoms. The fraction of sp³-hybridized carbons (Fsp3) is 0.438. The number of rotatable bonds is 8. The van der Waals surface area contributed by atoms with E-state index in [0.717, 1.165) is 37.1 Å².